The summed E-state index contributed by atoms with van der Waals surface area (Å²) in [6.07, 6.45) is 1.42. The Morgan fingerprint density at radius 1 is 1.04 bits per heavy atom. The molecular formula is C39H36N4O4S. The van der Waals surface area contributed by atoms with Crippen LogP contribution in [0.3, 0.4) is 0 Å². The van der Waals surface area contributed by atoms with Crippen molar-refractivity contribution in [1.29, 1.82) is 0 Å². The average Bonchev–Trinajstić information content (AvgIpc) is 3.66. The summed E-state index contributed by atoms with van der Waals surface area (Å²) in [5.41, 5.74) is 14.2. The topological polar surface area (TPSA) is 96.8 Å². The Balaban J connectivity index is 1.35. The van der Waals surface area contributed by atoms with E-state index in [9.17, 15) is 9.90 Å². The number of hydrazine groups is 1. The molecule has 8 nitrogen and oxygen atoms in total. The minimum atomic E-state index is -1.20. The highest BCUT2D eigenvalue weighted by Gasteiger charge is 2.33. The second-order valence-electron chi connectivity index (χ2n) is 13.5. The van der Waals surface area contributed by atoms with Gasteiger partial charge in [0.05, 0.1) is 33.6 Å². The third kappa shape index (κ3) is 5.19. The summed E-state index contributed by atoms with van der Waals surface area (Å²) < 4.78 is 13.2. The summed E-state index contributed by atoms with van der Waals surface area (Å²) in [5.74, 6) is -0.245. The Morgan fingerprint density at radius 2 is 1.85 bits per heavy atom. The molecule has 2 aliphatic heterocycles. The predicted molar refractivity (Wildman–Crippen MR) is 192 cm³/mol. The van der Waals surface area contributed by atoms with Crippen LogP contribution in [0.1, 0.15) is 49.1 Å². The number of fused-ring (bicyclic) bond motifs is 2. The number of carboxylic acid groups (broad SMARTS) is 1. The number of benzene rings is 4. The van der Waals surface area contributed by atoms with Crippen molar-refractivity contribution in [3.63, 3.8) is 0 Å². The monoisotopic (exact) mass is 656 g/mol. The number of aryl methyl sites for hydroxylation is 1. The van der Waals surface area contributed by atoms with Crippen molar-refractivity contribution in [3.05, 3.63) is 95.2 Å². The number of carbonyl (C=O) groups is 1. The number of hydrogen-bond donors (Lipinski definition) is 2. The molecule has 48 heavy (non-hydrogen) atoms. The van der Waals surface area contributed by atoms with Gasteiger partial charge in [-0.15, -0.1) is 11.3 Å². The standard InChI is InChI=1S/C39H36N4O4S/c1-21-17-28-36(48-37(42-28)25-8-6-7-23(18-25)24-9-11-29-26(19-24)20-41-43(29)5)33(31(21)35(38(44)45)47-39(2,3)4)27-10-12-30-32-22(14-16-46-30)13-15-40-34(27)32/h6-13,15,17-19,35,41H,14,16,20H2,1-5H3,(H,44,45)/t35-/m0/s1. The molecule has 0 saturated heterocycles. The van der Waals surface area contributed by atoms with E-state index in [0.717, 1.165) is 78.2 Å². The molecule has 2 aliphatic rings. The molecule has 242 valence electrons. The minimum absolute atomic E-state index is 0.614. The Morgan fingerprint density at radius 3 is 2.67 bits per heavy atom. The summed E-state index contributed by atoms with van der Waals surface area (Å²) in [6.45, 7) is 9.00. The highest BCUT2D eigenvalue weighted by atomic mass is 32.1. The number of aliphatic carboxylic acids is 1. The Hall–Kier alpha value is -4.83. The molecule has 0 unspecified atom stereocenters. The highest BCUT2D eigenvalue weighted by Crippen LogP contribution is 2.47. The smallest absolute Gasteiger partial charge is 0.337 e. The number of rotatable bonds is 6. The highest BCUT2D eigenvalue weighted by molar-refractivity contribution is 7.22. The van der Waals surface area contributed by atoms with Crippen LogP contribution in [-0.2, 0) is 22.5 Å². The van der Waals surface area contributed by atoms with Crippen molar-refractivity contribution in [2.75, 3.05) is 18.7 Å². The van der Waals surface area contributed by atoms with Gasteiger partial charge in [-0.3, -0.25) is 4.98 Å². The maximum Gasteiger partial charge on any atom is 0.337 e. The van der Waals surface area contributed by atoms with Crippen LogP contribution in [0.25, 0.3) is 53.9 Å². The van der Waals surface area contributed by atoms with E-state index in [1.807, 2.05) is 65.2 Å². The van der Waals surface area contributed by atoms with E-state index in [-0.39, 0.29) is 0 Å². The van der Waals surface area contributed by atoms with Gasteiger partial charge in [-0.1, -0.05) is 24.3 Å². The Kier molecular flexibility index (Phi) is 7.25. The van der Waals surface area contributed by atoms with E-state index >= 15 is 0 Å². The molecule has 0 bridgehead atoms. The molecule has 0 spiro atoms. The zero-order valence-electron chi connectivity index (χ0n) is 27.5. The molecule has 2 aromatic heterocycles. The Bertz CT molecular complexity index is 2260. The first-order valence-corrected chi connectivity index (χ1v) is 17.0. The normalized spacial score (nSPS) is 14.7. The van der Waals surface area contributed by atoms with E-state index in [4.69, 9.17) is 19.4 Å². The van der Waals surface area contributed by atoms with Crippen LogP contribution in [0.15, 0.2) is 72.9 Å². The second-order valence-corrected chi connectivity index (χ2v) is 14.5. The van der Waals surface area contributed by atoms with Gasteiger partial charge in [0.15, 0.2) is 6.10 Å². The van der Waals surface area contributed by atoms with Gasteiger partial charge in [0, 0.05) is 53.9 Å². The van der Waals surface area contributed by atoms with Crippen LogP contribution in [-0.4, -0.2) is 40.3 Å². The van der Waals surface area contributed by atoms with Crippen molar-refractivity contribution >= 4 is 44.1 Å². The van der Waals surface area contributed by atoms with Crippen molar-refractivity contribution in [1.82, 2.24) is 15.4 Å². The third-order valence-corrected chi connectivity index (χ3v) is 10.3. The lowest BCUT2D eigenvalue weighted by Crippen LogP contribution is -2.28. The van der Waals surface area contributed by atoms with E-state index in [2.05, 4.69) is 52.9 Å². The maximum absolute atomic E-state index is 13.0. The van der Waals surface area contributed by atoms with Gasteiger partial charge in [0.25, 0.3) is 0 Å². The lowest BCUT2D eigenvalue weighted by molar-refractivity contribution is -0.160. The molecule has 4 aromatic carbocycles. The van der Waals surface area contributed by atoms with E-state index in [1.165, 1.54) is 16.8 Å². The largest absolute Gasteiger partial charge is 0.493 e. The summed E-state index contributed by atoms with van der Waals surface area (Å²) in [6, 6.07) is 23.0. The number of anilines is 1. The van der Waals surface area contributed by atoms with Crippen LogP contribution in [0.5, 0.6) is 5.75 Å². The molecule has 9 heteroatoms. The third-order valence-electron chi connectivity index (χ3n) is 9.11. The van der Waals surface area contributed by atoms with Gasteiger partial charge in [-0.2, -0.15) is 0 Å². The van der Waals surface area contributed by atoms with Crippen molar-refractivity contribution in [2.45, 2.75) is 52.4 Å². The van der Waals surface area contributed by atoms with Gasteiger partial charge in [0.2, 0.25) is 0 Å². The lowest BCUT2D eigenvalue weighted by atomic mass is 9.89. The van der Waals surface area contributed by atoms with Gasteiger partial charge in [0.1, 0.15) is 10.8 Å². The summed E-state index contributed by atoms with van der Waals surface area (Å²) >= 11 is 1.57. The van der Waals surface area contributed by atoms with Crippen molar-refractivity contribution in [2.24, 2.45) is 0 Å². The average molecular weight is 657 g/mol. The first-order chi connectivity index (χ1) is 23.1. The number of nitrogens with one attached hydrogen (secondary N) is 1. The molecule has 0 amide bonds. The van der Waals surface area contributed by atoms with Crippen LogP contribution < -0.4 is 15.2 Å². The molecule has 8 rings (SSSR count). The van der Waals surface area contributed by atoms with E-state index < -0.39 is 17.7 Å². The van der Waals surface area contributed by atoms with Crippen LogP contribution in [0.2, 0.25) is 0 Å². The quantitative estimate of drug-likeness (QED) is 0.184. The van der Waals surface area contributed by atoms with E-state index in [0.29, 0.717) is 12.2 Å². The number of carboxylic acids is 1. The number of thiazole rings is 1. The molecule has 2 N–H and O–H groups in total. The van der Waals surface area contributed by atoms with Crippen LogP contribution >= 0.6 is 11.3 Å². The number of nitrogens with zero attached hydrogens (tertiary/aromatic N) is 3. The first-order valence-electron chi connectivity index (χ1n) is 16.1. The summed E-state index contributed by atoms with van der Waals surface area (Å²) in [4.78, 5) is 23.0. The molecule has 4 heterocycles. The minimum Gasteiger partial charge on any atom is -0.493 e. The number of pyridine rings is 1. The molecule has 0 radical (unpaired) electrons. The number of hydrogen-bond acceptors (Lipinski definition) is 8. The van der Waals surface area contributed by atoms with Gasteiger partial charge in [-0.05, 0) is 98.0 Å². The summed E-state index contributed by atoms with van der Waals surface area (Å²) in [7, 11) is 2.03. The molecule has 1 atom stereocenters. The predicted octanol–water partition coefficient (Wildman–Crippen LogP) is 8.48. The van der Waals surface area contributed by atoms with Gasteiger partial charge < -0.3 is 19.6 Å². The SMILES string of the molecule is Cc1cc2nc(-c3cccc(-c4ccc5c(c4)CNN5C)c3)sc2c(-c2ccc3c4c(ccnc24)CCO3)c1[C@H](OC(C)(C)C)C(=O)O. The molecule has 6 aromatic rings. The Labute approximate surface area is 283 Å². The zero-order valence-corrected chi connectivity index (χ0v) is 28.4. The van der Waals surface area contributed by atoms with Gasteiger partial charge >= 0.3 is 5.97 Å². The first kappa shape index (κ1) is 30.5. The number of ether oxygens (including phenoxy) is 2. The fourth-order valence-corrected chi connectivity index (χ4v) is 8.10. The van der Waals surface area contributed by atoms with Crippen LogP contribution in [0, 0.1) is 6.92 Å². The van der Waals surface area contributed by atoms with E-state index in [1.54, 1.807) is 11.3 Å². The summed E-state index contributed by atoms with van der Waals surface area (Å²) in [5, 5.41) is 14.5. The van der Waals surface area contributed by atoms with Crippen LogP contribution in [0.4, 0.5) is 5.69 Å². The molecular weight excluding hydrogens is 621 g/mol. The van der Waals surface area contributed by atoms with Gasteiger partial charge in [-0.25, -0.2) is 15.2 Å². The van der Waals surface area contributed by atoms with Crippen molar-refractivity contribution in [3.8, 4) is 38.6 Å². The number of aromatic nitrogens is 2. The van der Waals surface area contributed by atoms with Crippen molar-refractivity contribution < 1.29 is 19.4 Å². The molecule has 0 aliphatic carbocycles. The fraction of sp³-hybridized carbons (Fsp3) is 0.256. The molecule has 0 saturated carbocycles. The maximum atomic E-state index is 13.0. The lowest BCUT2D eigenvalue weighted by Gasteiger charge is -2.28. The second kappa shape index (κ2) is 11.4. The zero-order chi connectivity index (χ0) is 33.3. The molecule has 0 fully saturated rings. The fourth-order valence-electron chi connectivity index (χ4n) is 6.98.